The van der Waals surface area contributed by atoms with Gasteiger partial charge in [-0.2, -0.15) is 0 Å². The molecular formula is C20H17F2N3O3S. The maximum atomic E-state index is 13.5. The van der Waals surface area contributed by atoms with E-state index in [0.29, 0.717) is 23.0 Å². The number of benzene rings is 2. The largest absolute Gasteiger partial charge is 0.494 e. The molecule has 0 aliphatic carbocycles. The molecular weight excluding hydrogens is 400 g/mol. The van der Waals surface area contributed by atoms with Gasteiger partial charge in [0.15, 0.2) is 5.13 Å². The van der Waals surface area contributed by atoms with Gasteiger partial charge in [-0.25, -0.2) is 13.8 Å². The first-order valence-corrected chi connectivity index (χ1v) is 9.88. The quantitative estimate of drug-likeness (QED) is 0.638. The molecule has 0 saturated carbocycles. The zero-order valence-corrected chi connectivity index (χ0v) is 16.3. The maximum absolute atomic E-state index is 13.5. The molecule has 1 atom stereocenters. The highest BCUT2D eigenvalue weighted by Crippen LogP contribution is 2.31. The Morgan fingerprint density at radius 1 is 1.28 bits per heavy atom. The lowest BCUT2D eigenvalue weighted by atomic mass is 10.1. The van der Waals surface area contributed by atoms with Gasteiger partial charge in [-0.3, -0.25) is 9.59 Å². The molecule has 0 radical (unpaired) electrons. The van der Waals surface area contributed by atoms with E-state index < -0.39 is 29.4 Å². The number of carbonyl (C=O) groups is 2. The molecule has 150 valence electrons. The van der Waals surface area contributed by atoms with Crippen molar-refractivity contribution in [3.8, 4) is 5.75 Å². The number of hydrogen-bond donors (Lipinski definition) is 1. The monoisotopic (exact) mass is 417 g/mol. The van der Waals surface area contributed by atoms with Gasteiger partial charge in [-0.15, -0.1) is 0 Å². The SMILES string of the molecule is CCOc1ccc2nc(NC(=O)C3CCN(c4cc(F)cc(F)c4)C3=O)sc2c1. The predicted octanol–water partition coefficient (Wildman–Crippen LogP) is 3.96. The number of hydrogen-bond acceptors (Lipinski definition) is 5. The standard InChI is InChI=1S/C20H17F2N3O3S/c1-2-28-14-3-4-16-17(10-14)29-20(23-16)24-18(26)15-5-6-25(19(15)27)13-8-11(21)7-12(22)9-13/h3-4,7-10,15H,2,5-6H2,1H3,(H,23,24,26). The lowest BCUT2D eigenvalue weighted by Gasteiger charge is -2.16. The van der Waals surface area contributed by atoms with Gasteiger partial charge < -0.3 is 15.0 Å². The molecule has 1 fully saturated rings. The van der Waals surface area contributed by atoms with Gasteiger partial charge in [0, 0.05) is 18.3 Å². The number of ether oxygens (including phenoxy) is 1. The Balaban J connectivity index is 1.48. The van der Waals surface area contributed by atoms with Crippen LogP contribution < -0.4 is 15.0 Å². The Bertz CT molecular complexity index is 1080. The van der Waals surface area contributed by atoms with Gasteiger partial charge >= 0.3 is 0 Å². The van der Waals surface area contributed by atoms with Gasteiger partial charge in [0.2, 0.25) is 11.8 Å². The Morgan fingerprint density at radius 3 is 2.76 bits per heavy atom. The van der Waals surface area contributed by atoms with E-state index in [1.165, 1.54) is 16.2 Å². The summed E-state index contributed by atoms with van der Waals surface area (Å²) in [6, 6.07) is 8.32. The molecule has 29 heavy (non-hydrogen) atoms. The minimum absolute atomic E-state index is 0.103. The van der Waals surface area contributed by atoms with E-state index in [-0.39, 0.29) is 18.7 Å². The topological polar surface area (TPSA) is 71.5 Å². The van der Waals surface area contributed by atoms with Crippen molar-refractivity contribution < 1.29 is 23.1 Å². The molecule has 1 saturated heterocycles. The van der Waals surface area contributed by atoms with Crippen molar-refractivity contribution >= 4 is 44.2 Å². The van der Waals surface area contributed by atoms with Gasteiger partial charge in [0.25, 0.3) is 0 Å². The molecule has 3 aromatic rings. The second kappa shape index (κ2) is 7.75. The lowest BCUT2D eigenvalue weighted by Crippen LogP contribution is -2.33. The number of nitrogens with zero attached hydrogens (tertiary/aromatic N) is 2. The first-order chi connectivity index (χ1) is 13.9. The number of fused-ring (bicyclic) bond motifs is 1. The molecule has 1 N–H and O–H groups in total. The summed E-state index contributed by atoms with van der Waals surface area (Å²) in [5.74, 6) is -2.76. The third-order valence-corrected chi connectivity index (χ3v) is 5.52. The molecule has 6 nitrogen and oxygen atoms in total. The lowest BCUT2D eigenvalue weighted by molar-refractivity contribution is -0.129. The summed E-state index contributed by atoms with van der Waals surface area (Å²) in [7, 11) is 0. The maximum Gasteiger partial charge on any atom is 0.239 e. The zero-order valence-electron chi connectivity index (χ0n) is 15.4. The minimum atomic E-state index is -0.938. The number of aromatic nitrogens is 1. The summed E-state index contributed by atoms with van der Waals surface area (Å²) in [5, 5.41) is 3.06. The Hall–Kier alpha value is -3.07. The van der Waals surface area contributed by atoms with E-state index in [1.807, 2.05) is 13.0 Å². The molecule has 2 amide bonds. The number of halogens is 2. The van der Waals surface area contributed by atoms with Crippen LogP contribution in [0.25, 0.3) is 10.2 Å². The van der Waals surface area contributed by atoms with Gasteiger partial charge in [-0.05, 0) is 43.7 Å². The summed E-state index contributed by atoms with van der Waals surface area (Å²) in [6.07, 6.45) is 0.252. The van der Waals surface area contributed by atoms with Crippen LogP contribution in [-0.4, -0.2) is 29.9 Å². The molecule has 1 aromatic heterocycles. The zero-order chi connectivity index (χ0) is 20.5. The van der Waals surface area contributed by atoms with Crippen LogP contribution in [0.5, 0.6) is 5.75 Å². The highest BCUT2D eigenvalue weighted by Gasteiger charge is 2.38. The third kappa shape index (κ3) is 3.91. The van der Waals surface area contributed by atoms with Crippen molar-refractivity contribution in [3.05, 3.63) is 48.0 Å². The van der Waals surface area contributed by atoms with Crippen molar-refractivity contribution in [3.63, 3.8) is 0 Å². The number of nitrogens with one attached hydrogen (secondary N) is 1. The van der Waals surface area contributed by atoms with E-state index in [9.17, 15) is 18.4 Å². The van der Waals surface area contributed by atoms with Crippen molar-refractivity contribution in [1.29, 1.82) is 0 Å². The number of amides is 2. The fraction of sp³-hybridized carbons (Fsp3) is 0.250. The van der Waals surface area contributed by atoms with Crippen molar-refractivity contribution in [2.75, 3.05) is 23.4 Å². The second-order valence-corrected chi connectivity index (χ2v) is 7.56. The molecule has 2 heterocycles. The first kappa shape index (κ1) is 19.3. The average Bonchev–Trinajstić information content (AvgIpc) is 3.23. The molecule has 0 bridgehead atoms. The minimum Gasteiger partial charge on any atom is -0.494 e. The van der Waals surface area contributed by atoms with E-state index >= 15 is 0 Å². The molecule has 1 unspecified atom stereocenters. The van der Waals surface area contributed by atoms with Crippen LogP contribution in [-0.2, 0) is 9.59 Å². The second-order valence-electron chi connectivity index (χ2n) is 6.53. The van der Waals surface area contributed by atoms with Crippen LogP contribution in [0.3, 0.4) is 0 Å². The van der Waals surface area contributed by atoms with E-state index in [1.54, 1.807) is 12.1 Å². The van der Waals surface area contributed by atoms with Crippen LogP contribution in [0.1, 0.15) is 13.3 Å². The van der Waals surface area contributed by atoms with E-state index in [4.69, 9.17) is 4.74 Å². The molecule has 4 rings (SSSR count). The molecule has 1 aliphatic rings. The predicted molar refractivity (Wildman–Crippen MR) is 106 cm³/mol. The Kier molecular flexibility index (Phi) is 5.14. The van der Waals surface area contributed by atoms with Crippen molar-refractivity contribution in [1.82, 2.24) is 4.98 Å². The molecule has 1 aliphatic heterocycles. The molecule has 9 heteroatoms. The number of carbonyl (C=O) groups excluding carboxylic acids is 2. The van der Waals surface area contributed by atoms with Crippen molar-refractivity contribution in [2.45, 2.75) is 13.3 Å². The molecule has 2 aromatic carbocycles. The van der Waals surface area contributed by atoms with E-state index in [0.717, 1.165) is 22.9 Å². The summed E-state index contributed by atoms with van der Waals surface area (Å²) < 4.78 is 33.2. The number of rotatable bonds is 5. The summed E-state index contributed by atoms with van der Waals surface area (Å²) in [5.41, 5.74) is 0.814. The highest BCUT2D eigenvalue weighted by molar-refractivity contribution is 7.22. The fourth-order valence-corrected chi connectivity index (χ4v) is 4.18. The number of anilines is 2. The highest BCUT2D eigenvalue weighted by atomic mass is 32.1. The number of thiazole rings is 1. The van der Waals surface area contributed by atoms with Crippen LogP contribution in [0.4, 0.5) is 19.6 Å². The van der Waals surface area contributed by atoms with Crippen LogP contribution in [0.15, 0.2) is 36.4 Å². The Labute approximate surface area is 169 Å². The Morgan fingerprint density at radius 2 is 2.03 bits per heavy atom. The van der Waals surface area contributed by atoms with Gasteiger partial charge in [-0.1, -0.05) is 11.3 Å². The third-order valence-electron chi connectivity index (χ3n) is 4.58. The van der Waals surface area contributed by atoms with Crippen LogP contribution >= 0.6 is 11.3 Å². The summed E-state index contributed by atoms with van der Waals surface area (Å²) in [4.78, 5) is 30.8. The van der Waals surface area contributed by atoms with Crippen LogP contribution in [0, 0.1) is 17.6 Å². The van der Waals surface area contributed by atoms with Gasteiger partial charge in [0.05, 0.1) is 16.8 Å². The van der Waals surface area contributed by atoms with Crippen molar-refractivity contribution in [2.24, 2.45) is 5.92 Å². The van der Waals surface area contributed by atoms with Gasteiger partial charge in [0.1, 0.15) is 23.3 Å². The first-order valence-electron chi connectivity index (χ1n) is 9.06. The smallest absolute Gasteiger partial charge is 0.239 e. The fourth-order valence-electron chi connectivity index (χ4n) is 3.28. The summed E-state index contributed by atoms with van der Waals surface area (Å²) >= 11 is 1.28. The normalized spacial score (nSPS) is 16.4. The average molecular weight is 417 g/mol. The van der Waals surface area contributed by atoms with E-state index in [2.05, 4.69) is 10.3 Å². The van der Waals surface area contributed by atoms with Crippen LogP contribution in [0.2, 0.25) is 0 Å². The summed E-state index contributed by atoms with van der Waals surface area (Å²) in [6.45, 7) is 2.64. The molecule has 0 spiro atoms.